The molecule has 0 amide bonds. The number of hydrogen-bond acceptors (Lipinski definition) is 3. The van der Waals surface area contributed by atoms with Gasteiger partial charge in [-0.2, -0.15) is 5.10 Å². The lowest BCUT2D eigenvalue weighted by molar-refractivity contribution is -0.137. The molecule has 17 heavy (non-hydrogen) atoms. The van der Waals surface area contributed by atoms with E-state index in [0.717, 1.165) is 18.7 Å². The molecule has 0 unspecified atom stereocenters. The Morgan fingerprint density at radius 1 is 1.59 bits per heavy atom. The van der Waals surface area contributed by atoms with E-state index in [2.05, 4.69) is 23.8 Å². The van der Waals surface area contributed by atoms with Gasteiger partial charge in [-0.15, -0.1) is 0 Å². The zero-order valence-corrected chi connectivity index (χ0v) is 10.8. The molecule has 5 nitrogen and oxygen atoms in total. The summed E-state index contributed by atoms with van der Waals surface area (Å²) < 4.78 is 1.78. The summed E-state index contributed by atoms with van der Waals surface area (Å²) >= 11 is 0. The molecule has 96 valence electrons. The van der Waals surface area contributed by atoms with Gasteiger partial charge in [0.15, 0.2) is 0 Å². The third-order valence-corrected chi connectivity index (χ3v) is 2.71. The number of rotatable bonds is 7. The maximum Gasteiger partial charge on any atom is 0.303 e. The number of aromatic nitrogens is 2. The lowest BCUT2D eigenvalue weighted by Gasteiger charge is -2.25. The van der Waals surface area contributed by atoms with Crippen molar-refractivity contribution in [2.24, 2.45) is 7.05 Å². The van der Waals surface area contributed by atoms with Crippen molar-refractivity contribution < 1.29 is 9.90 Å². The summed E-state index contributed by atoms with van der Waals surface area (Å²) in [5.41, 5.74) is 1.16. The van der Waals surface area contributed by atoms with Crippen LogP contribution in [0, 0.1) is 0 Å². The molecule has 1 rings (SSSR count). The van der Waals surface area contributed by atoms with Crippen LogP contribution in [0.25, 0.3) is 0 Å². The van der Waals surface area contributed by atoms with Crippen molar-refractivity contribution >= 4 is 5.97 Å². The Kier molecular flexibility index (Phi) is 5.15. The Labute approximate surface area is 102 Å². The van der Waals surface area contributed by atoms with E-state index in [4.69, 9.17) is 5.11 Å². The first-order valence-electron chi connectivity index (χ1n) is 5.92. The van der Waals surface area contributed by atoms with E-state index >= 15 is 0 Å². The van der Waals surface area contributed by atoms with Crippen LogP contribution in [0.15, 0.2) is 12.4 Å². The molecule has 0 spiro atoms. The molecule has 0 bridgehead atoms. The molecule has 0 radical (unpaired) electrons. The van der Waals surface area contributed by atoms with Crippen LogP contribution in [0.4, 0.5) is 0 Å². The van der Waals surface area contributed by atoms with Gasteiger partial charge in [0.1, 0.15) is 0 Å². The quantitative estimate of drug-likeness (QED) is 0.783. The van der Waals surface area contributed by atoms with Gasteiger partial charge in [0.2, 0.25) is 0 Å². The van der Waals surface area contributed by atoms with Crippen LogP contribution in [-0.2, 0) is 18.4 Å². The Morgan fingerprint density at radius 3 is 2.76 bits per heavy atom. The van der Waals surface area contributed by atoms with Gasteiger partial charge >= 0.3 is 5.97 Å². The molecule has 0 aliphatic rings. The summed E-state index contributed by atoms with van der Waals surface area (Å²) in [6, 6.07) is 0.406. The van der Waals surface area contributed by atoms with Gasteiger partial charge in [0, 0.05) is 37.8 Å². The second-order valence-electron chi connectivity index (χ2n) is 4.58. The van der Waals surface area contributed by atoms with Gasteiger partial charge in [-0.05, 0) is 26.8 Å². The molecule has 5 heteroatoms. The number of carboxylic acids is 1. The van der Waals surface area contributed by atoms with Gasteiger partial charge < -0.3 is 5.11 Å². The van der Waals surface area contributed by atoms with E-state index in [1.807, 2.05) is 19.4 Å². The molecule has 0 aromatic carbocycles. The SMILES string of the molecule is CC(C)N(CCCC(=O)O)Cc1cnn(C)c1. The molecular weight excluding hydrogens is 218 g/mol. The second-order valence-corrected chi connectivity index (χ2v) is 4.58. The highest BCUT2D eigenvalue weighted by molar-refractivity contribution is 5.66. The number of nitrogens with zero attached hydrogens (tertiary/aromatic N) is 3. The summed E-state index contributed by atoms with van der Waals surface area (Å²) in [6.45, 7) is 5.87. The first-order valence-corrected chi connectivity index (χ1v) is 5.92. The van der Waals surface area contributed by atoms with Gasteiger partial charge in [0.05, 0.1) is 6.20 Å². The third-order valence-electron chi connectivity index (χ3n) is 2.71. The molecule has 1 heterocycles. The zero-order chi connectivity index (χ0) is 12.8. The highest BCUT2D eigenvalue weighted by Crippen LogP contribution is 2.08. The molecule has 0 saturated carbocycles. The minimum absolute atomic E-state index is 0.232. The Hall–Kier alpha value is -1.36. The molecule has 0 saturated heterocycles. The largest absolute Gasteiger partial charge is 0.481 e. The van der Waals surface area contributed by atoms with Crippen molar-refractivity contribution in [1.29, 1.82) is 0 Å². The van der Waals surface area contributed by atoms with Crippen molar-refractivity contribution in [1.82, 2.24) is 14.7 Å². The second kappa shape index (κ2) is 6.39. The topological polar surface area (TPSA) is 58.4 Å². The fourth-order valence-corrected chi connectivity index (χ4v) is 1.74. The molecule has 0 aliphatic heterocycles. The van der Waals surface area contributed by atoms with E-state index in [1.54, 1.807) is 4.68 Å². The molecular formula is C12H21N3O2. The minimum atomic E-state index is -0.727. The standard InChI is InChI=1S/C12H21N3O2/c1-10(2)15(6-4-5-12(16)17)9-11-7-13-14(3)8-11/h7-8,10H,4-6,9H2,1-3H3,(H,16,17). The highest BCUT2D eigenvalue weighted by atomic mass is 16.4. The van der Waals surface area contributed by atoms with Crippen LogP contribution < -0.4 is 0 Å². The summed E-state index contributed by atoms with van der Waals surface area (Å²) in [5.74, 6) is -0.727. The fourth-order valence-electron chi connectivity index (χ4n) is 1.74. The molecule has 1 N–H and O–H groups in total. The van der Waals surface area contributed by atoms with Gasteiger partial charge in [-0.25, -0.2) is 0 Å². The molecule has 0 fully saturated rings. The normalized spacial score (nSPS) is 11.4. The smallest absolute Gasteiger partial charge is 0.303 e. The van der Waals surface area contributed by atoms with Crippen LogP contribution in [0.2, 0.25) is 0 Å². The van der Waals surface area contributed by atoms with Gasteiger partial charge in [-0.1, -0.05) is 0 Å². The number of aliphatic carboxylic acids is 1. The zero-order valence-electron chi connectivity index (χ0n) is 10.8. The fraction of sp³-hybridized carbons (Fsp3) is 0.667. The highest BCUT2D eigenvalue weighted by Gasteiger charge is 2.11. The number of carboxylic acid groups (broad SMARTS) is 1. The molecule has 1 aromatic heterocycles. The van der Waals surface area contributed by atoms with E-state index < -0.39 is 5.97 Å². The Morgan fingerprint density at radius 2 is 2.29 bits per heavy atom. The van der Waals surface area contributed by atoms with Crippen LogP contribution in [0.3, 0.4) is 0 Å². The van der Waals surface area contributed by atoms with Crippen molar-refractivity contribution in [3.8, 4) is 0 Å². The predicted octanol–water partition coefficient (Wildman–Crippen LogP) is 1.50. The first kappa shape index (κ1) is 13.7. The van der Waals surface area contributed by atoms with Crippen molar-refractivity contribution in [3.05, 3.63) is 18.0 Å². The van der Waals surface area contributed by atoms with E-state index in [1.165, 1.54) is 0 Å². The van der Waals surface area contributed by atoms with Crippen LogP contribution in [0.1, 0.15) is 32.3 Å². The maximum absolute atomic E-state index is 10.5. The van der Waals surface area contributed by atoms with Crippen molar-refractivity contribution in [2.45, 2.75) is 39.3 Å². The summed E-state index contributed by atoms with van der Waals surface area (Å²) in [6.07, 6.45) is 4.77. The maximum atomic E-state index is 10.5. The number of aryl methyl sites for hydroxylation is 1. The van der Waals surface area contributed by atoms with Crippen LogP contribution in [-0.4, -0.2) is 38.3 Å². The average Bonchev–Trinajstić information content (AvgIpc) is 2.62. The van der Waals surface area contributed by atoms with Crippen LogP contribution in [0.5, 0.6) is 0 Å². The Balaban J connectivity index is 2.46. The van der Waals surface area contributed by atoms with E-state index in [-0.39, 0.29) is 6.42 Å². The van der Waals surface area contributed by atoms with E-state index in [9.17, 15) is 4.79 Å². The average molecular weight is 239 g/mol. The van der Waals surface area contributed by atoms with Crippen molar-refractivity contribution in [3.63, 3.8) is 0 Å². The predicted molar refractivity (Wildman–Crippen MR) is 65.6 cm³/mol. The molecule has 1 aromatic rings. The van der Waals surface area contributed by atoms with Crippen LogP contribution >= 0.6 is 0 Å². The lowest BCUT2D eigenvalue weighted by atomic mass is 10.2. The van der Waals surface area contributed by atoms with E-state index in [0.29, 0.717) is 12.5 Å². The summed E-state index contributed by atoms with van der Waals surface area (Å²) in [7, 11) is 1.90. The monoisotopic (exact) mass is 239 g/mol. The minimum Gasteiger partial charge on any atom is -0.481 e. The number of hydrogen-bond donors (Lipinski definition) is 1. The summed E-state index contributed by atoms with van der Waals surface area (Å²) in [5, 5.41) is 12.8. The summed E-state index contributed by atoms with van der Waals surface area (Å²) in [4.78, 5) is 12.7. The Bertz CT molecular complexity index is 360. The first-order chi connectivity index (χ1) is 7.99. The molecule has 0 aliphatic carbocycles. The van der Waals surface area contributed by atoms with Gasteiger partial charge in [0.25, 0.3) is 0 Å². The molecule has 0 atom stereocenters. The lowest BCUT2D eigenvalue weighted by Crippen LogP contribution is -2.31. The third kappa shape index (κ3) is 4.99. The number of carbonyl (C=O) groups is 1. The van der Waals surface area contributed by atoms with Gasteiger partial charge in [-0.3, -0.25) is 14.4 Å². The van der Waals surface area contributed by atoms with Crippen molar-refractivity contribution in [2.75, 3.05) is 6.54 Å².